The smallest absolute Gasteiger partial charge is 0.344 e. The normalized spacial score (nSPS) is 11.0. The Kier molecular flexibility index (Phi) is 3.95. The van der Waals surface area contributed by atoms with Gasteiger partial charge in [-0.3, -0.25) is 0 Å². The Morgan fingerprint density at radius 2 is 1.76 bits per heavy atom. The average Bonchev–Trinajstić information content (AvgIpc) is 2.42. The van der Waals surface area contributed by atoms with Crippen molar-refractivity contribution in [2.75, 3.05) is 0 Å². The first-order chi connectivity index (χ1) is 9.97. The van der Waals surface area contributed by atoms with Gasteiger partial charge in [-0.2, -0.15) is 0 Å². The van der Waals surface area contributed by atoms with E-state index in [0.29, 0.717) is 20.6 Å². The lowest BCUT2D eigenvalue weighted by molar-refractivity contribution is 0.561. The lowest BCUT2D eigenvalue weighted by Gasteiger charge is -2.09. The van der Waals surface area contributed by atoms with Crippen LogP contribution >= 0.6 is 43.5 Å². The van der Waals surface area contributed by atoms with Crippen molar-refractivity contribution in [1.82, 2.24) is 0 Å². The summed E-state index contributed by atoms with van der Waals surface area (Å²) in [5.41, 5.74) is 2.39. The number of hydrogen-bond acceptors (Lipinski definition) is 2. The Labute approximate surface area is 143 Å². The van der Waals surface area contributed by atoms with Gasteiger partial charge in [-0.15, -0.1) is 0 Å². The molecule has 0 aliphatic rings. The fraction of sp³-hybridized carbons (Fsp3) is 0.0625. The van der Waals surface area contributed by atoms with Gasteiger partial charge in [0, 0.05) is 14.9 Å². The van der Waals surface area contributed by atoms with Gasteiger partial charge in [0.1, 0.15) is 0 Å². The molecule has 0 fully saturated rings. The van der Waals surface area contributed by atoms with Crippen LogP contribution in [-0.4, -0.2) is 0 Å². The van der Waals surface area contributed by atoms with E-state index in [9.17, 15) is 4.79 Å². The summed E-state index contributed by atoms with van der Waals surface area (Å²) < 4.78 is 7.10. The molecular weight excluding hydrogens is 419 g/mol. The predicted molar refractivity (Wildman–Crippen MR) is 93.1 cm³/mol. The lowest BCUT2D eigenvalue weighted by Crippen LogP contribution is -2.06. The average molecular weight is 429 g/mol. The molecule has 2 nitrogen and oxygen atoms in total. The van der Waals surface area contributed by atoms with Crippen LogP contribution in [0, 0.1) is 6.92 Å². The van der Waals surface area contributed by atoms with Gasteiger partial charge < -0.3 is 4.42 Å². The first-order valence-corrected chi connectivity index (χ1v) is 8.12. The number of halogens is 3. The van der Waals surface area contributed by atoms with Crippen molar-refractivity contribution in [2.45, 2.75) is 6.92 Å². The molecule has 0 spiro atoms. The first kappa shape index (κ1) is 14.8. The Morgan fingerprint density at radius 3 is 2.43 bits per heavy atom. The third-order valence-corrected chi connectivity index (χ3v) is 4.66. The number of rotatable bonds is 1. The number of hydrogen-bond donors (Lipinski definition) is 0. The molecule has 0 radical (unpaired) electrons. The maximum Gasteiger partial charge on any atom is 0.344 e. The molecule has 1 aromatic heterocycles. The van der Waals surface area contributed by atoms with E-state index in [-0.39, 0.29) is 5.63 Å². The molecule has 106 valence electrons. The zero-order valence-corrected chi connectivity index (χ0v) is 14.8. The highest BCUT2D eigenvalue weighted by Crippen LogP contribution is 2.33. The van der Waals surface area contributed by atoms with E-state index in [1.807, 2.05) is 37.3 Å². The van der Waals surface area contributed by atoms with Crippen molar-refractivity contribution < 1.29 is 4.42 Å². The third kappa shape index (κ3) is 2.68. The molecule has 0 saturated heterocycles. The Bertz CT molecular complexity index is 899. The van der Waals surface area contributed by atoms with E-state index >= 15 is 0 Å². The molecule has 0 N–H and O–H groups in total. The van der Waals surface area contributed by atoms with E-state index in [0.717, 1.165) is 21.0 Å². The van der Waals surface area contributed by atoms with E-state index in [2.05, 4.69) is 31.9 Å². The molecule has 0 aliphatic carbocycles. The standard InChI is InChI=1S/C16H9Br2ClO2/c1-8-12-6-11(19)7-13(18)15(12)21-16(20)14(8)9-2-4-10(17)5-3-9/h2-7H,1H3. The van der Waals surface area contributed by atoms with Crippen LogP contribution in [0.1, 0.15) is 5.56 Å². The molecule has 0 aliphatic heterocycles. The van der Waals surface area contributed by atoms with E-state index in [1.54, 1.807) is 6.07 Å². The minimum Gasteiger partial charge on any atom is -0.421 e. The molecule has 0 bridgehead atoms. The molecule has 0 unspecified atom stereocenters. The molecule has 2 aromatic carbocycles. The Balaban J connectivity index is 2.39. The van der Waals surface area contributed by atoms with Crippen LogP contribution in [0.2, 0.25) is 5.02 Å². The fourth-order valence-corrected chi connectivity index (χ4v) is 3.48. The SMILES string of the molecule is Cc1c(-c2ccc(Br)cc2)c(=O)oc2c(Br)cc(Cl)cc12. The molecule has 3 aromatic rings. The minimum absolute atomic E-state index is 0.356. The molecule has 21 heavy (non-hydrogen) atoms. The highest BCUT2D eigenvalue weighted by molar-refractivity contribution is 9.11. The molecule has 0 amide bonds. The van der Waals surface area contributed by atoms with Crippen LogP contribution in [-0.2, 0) is 0 Å². The second-order valence-electron chi connectivity index (χ2n) is 4.66. The molecule has 5 heteroatoms. The van der Waals surface area contributed by atoms with E-state index < -0.39 is 0 Å². The Hall–Kier alpha value is -1.10. The minimum atomic E-state index is -0.356. The fourth-order valence-electron chi connectivity index (χ4n) is 2.33. The van der Waals surface area contributed by atoms with Crippen LogP contribution in [0.5, 0.6) is 0 Å². The quantitative estimate of drug-likeness (QED) is 0.449. The molecule has 1 heterocycles. The van der Waals surface area contributed by atoms with E-state index in [1.165, 1.54) is 0 Å². The van der Waals surface area contributed by atoms with Gasteiger partial charge in [0.15, 0.2) is 5.58 Å². The first-order valence-electron chi connectivity index (χ1n) is 6.16. The summed E-state index contributed by atoms with van der Waals surface area (Å²) >= 11 is 12.9. The lowest BCUT2D eigenvalue weighted by atomic mass is 10.00. The maximum atomic E-state index is 12.3. The summed E-state index contributed by atoms with van der Waals surface area (Å²) in [6, 6.07) is 11.1. The van der Waals surface area contributed by atoms with Gasteiger partial charge in [-0.05, 0) is 58.2 Å². The summed E-state index contributed by atoms with van der Waals surface area (Å²) in [6.45, 7) is 1.90. The second kappa shape index (κ2) is 5.59. The molecule has 3 rings (SSSR count). The monoisotopic (exact) mass is 426 g/mol. The topological polar surface area (TPSA) is 30.2 Å². The summed E-state index contributed by atoms with van der Waals surface area (Å²) in [5.74, 6) is 0. The van der Waals surface area contributed by atoms with Crippen molar-refractivity contribution in [1.29, 1.82) is 0 Å². The van der Waals surface area contributed by atoms with Gasteiger partial charge in [0.25, 0.3) is 0 Å². The summed E-state index contributed by atoms with van der Waals surface area (Å²) in [7, 11) is 0. The predicted octanol–water partition coefficient (Wildman–Crippen LogP) is 5.95. The van der Waals surface area contributed by atoms with Crippen molar-refractivity contribution in [3.05, 3.63) is 66.3 Å². The van der Waals surface area contributed by atoms with Gasteiger partial charge in [-0.1, -0.05) is 39.7 Å². The van der Waals surface area contributed by atoms with Crippen LogP contribution in [0.15, 0.2) is 54.6 Å². The summed E-state index contributed by atoms with van der Waals surface area (Å²) in [5, 5.41) is 1.42. The van der Waals surface area contributed by atoms with Gasteiger partial charge in [0.2, 0.25) is 0 Å². The highest BCUT2D eigenvalue weighted by atomic mass is 79.9. The zero-order chi connectivity index (χ0) is 15.1. The zero-order valence-electron chi connectivity index (χ0n) is 10.9. The third-order valence-electron chi connectivity index (χ3n) is 3.32. The maximum absolute atomic E-state index is 12.3. The van der Waals surface area contributed by atoms with Crippen molar-refractivity contribution >= 4 is 54.4 Å². The number of fused-ring (bicyclic) bond motifs is 1. The molecule has 0 saturated carbocycles. The van der Waals surface area contributed by atoms with Crippen molar-refractivity contribution in [3.63, 3.8) is 0 Å². The largest absolute Gasteiger partial charge is 0.421 e. The molecular formula is C16H9Br2ClO2. The van der Waals surface area contributed by atoms with Gasteiger partial charge in [0.05, 0.1) is 10.0 Å². The van der Waals surface area contributed by atoms with Crippen LogP contribution in [0.25, 0.3) is 22.1 Å². The van der Waals surface area contributed by atoms with E-state index in [4.69, 9.17) is 16.0 Å². The Morgan fingerprint density at radius 1 is 1.10 bits per heavy atom. The number of benzene rings is 2. The summed E-state index contributed by atoms with van der Waals surface area (Å²) in [6.07, 6.45) is 0. The highest BCUT2D eigenvalue weighted by Gasteiger charge is 2.15. The van der Waals surface area contributed by atoms with Gasteiger partial charge in [-0.25, -0.2) is 4.79 Å². The number of aryl methyl sites for hydroxylation is 1. The second-order valence-corrected chi connectivity index (χ2v) is 6.87. The van der Waals surface area contributed by atoms with Gasteiger partial charge >= 0.3 is 5.63 Å². The van der Waals surface area contributed by atoms with Crippen LogP contribution < -0.4 is 5.63 Å². The van der Waals surface area contributed by atoms with Crippen molar-refractivity contribution in [3.8, 4) is 11.1 Å². The van der Waals surface area contributed by atoms with Crippen molar-refractivity contribution in [2.24, 2.45) is 0 Å². The van der Waals surface area contributed by atoms with Crippen LogP contribution in [0.3, 0.4) is 0 Å². The summed E-state index contributed by atoms with van der Waals surface area (Å²) in [4.78, 5) is 12.3. The molecule has 0 atom stereocenters. The van der Waals surface area contributed by atoms with Crippen LogP contribution in [0.4, 0.5) is 0 Å².